The van der Waals surface area contributed by atoms with Crippen molar-refractivity contribution in [1.82, 2.24) is 14.7 Å². The molecule has 132 valence electrons. The van der Waals surface area contributed by atoms with Crippen LogP contribution in [0.25, 0.3) is 11.3 Å². The molecule has 0 unspecified atom stereocenters. The van der Waals surface area contributed by atoms with Crippen molar-refractivity contribution in [1.29, 1.82) is 0 Å². The van der Waals surface area contributed by atoms with Crippen LogP contribution in [0.1, 0.15) is 15.9 Å². The molecular formula is C20H20N4O2. The fourth-order valence-electron chi connectivity index (χ4n) is 3.24. The fourth-order valence-corrected chi connectivity index (χ4v) is 3.24. The molecule has 2 heterocycles. The fraction of sp³-hybridized carbons (Fsp3) is 0.200. The first-order valence-corrected chi connectivity index (χ1v) is 8.44. The van der Waals surface area contributed by atoms with E-state index in [0.717, 1.165) is 28.3 Å². The van der Waals surface area contributed by atoms with Gasteiger partial charge in [-0.2, -0.15) is 5.10 Å². The van der Waals surface area contributed by atoms with Crippen molar-refractivity contribution in [3.8, 4) is 17.0 Å². The van der Waals surface area contributed by atoms with Gasteiger partial charge in [-0.05, 0) is 35.9 Å². The third-order valence-corrected chi connectivity index (χ3v) is 4.62. The Morgan fingerprint density at radius 1 is 1.19 bits per heavy atom. The molecule has 0 fully saturated rings. The lowest BCUT2D eigenvalue weighted by atomic mass is 10.0. The molecule has 0 atom stereocenters. The average Bonchev–Trinajstić information content (AvgIpc) is 3.10. The van der Waals surface area contributed by atoms with Gasteiger partial charge in [-0.1, -0.05) is 18.2 Å². The zero-order valence-corrected chi connectivity index (χ0v) is 14.8. The number of hydrogen-bond donors (Lipinski definition) is 1. The van der Waals surface area contributed by atoms with Gasteiger partial charge < -0.3 is 15.0 Å². The lowest BCUT2D eigenvalue weighted by Gasteiger charge is -2.30. The maximum Gasteiger partial charge on any atom is 0.257 e. The SMILES string of the molecule is COc1cccc(CN2CNc3cc(-c4ccnn4C)ccc3C2=O)c1. The molecule has 0 radical (unpaired) electrons. The van der Waals surface area contributed by atoms with Gasteiger partial charge in [-0.25, -0.2) is 0 Å². The Kier molecular flexibility index (Phi) is 4.08. The summed E-state index contributed by atoms with van der Waals surface area (Å²) in [7, 11) is 3.55. The normalized spacial score (nSPS) is 13.3. The number of fused-ring (bicyclic) bond motifs is 1. The second-order valence-electron chi connectivity index (χ2n) is 6.29. The van der Waals surface area contributed by atoms with Crippen molar-refractivity contribution in [3.05, 3.63) is 65.9 Å². The molecule has 2 aromatic carbocycles. The molecule has 26 heavy (non-hydrogen) atoms. The van der Waals surface area contributed by atoms with E-state index in [1.54, 1.807) is 18.2 Å². The van der Waals surface area contributed by atoms with Gasteiger partial charge in [0.2, 0.25) is 0 Å². The van der Waals surface area contributed by atoms with E-state index in [9.17, 15) is 4.79 Å². The summed E-state index contributed by atoms with van der Waals surface area (Å²) in [4.78, 5) is 14.7. The molecule has 3 aromatic rings. The van der Waals surface area contributed by atoms with E-state index < -0.39 is 0 Å². The minimum absolute atomic E-state index is 0.0260. The van der Waals surface area contributed by atoms with Crippen LogP contribution in [0.3, 0.4) is 0 Å². The number of anilines is 1. The van der Waals surface area contributed by atoms with E-state index in [2.05, 4.69) is 10.4 Å². The second-order valence-corrected chi connectivity index (χ2v) is 6.29. The van der Waals surface area contributed by atoms with E-state index in [4.69, 9.17) is 4.74 Å². The highest BCUT2D eigenvalue weighted by Crippen LogP contribution is 2.29. The number of aryl methyl sites for hydroxylation is 1. The molecular weight excluding hydrogens is 328 g/mol. The number of nitrogens with one attached hydrogen (secondary N) is 1. The molecule has 1 amide bonds. The zero-order valence-electron chi connectivity index (χ0n) is 14.8. The highest BCUT2D eigenvalue weighted by molar-refractivity contribution is 6.02. The van der Waals surface area contributed by atoms with Crippen LogP contribution in [0, 0.1) is 0 Å². The summed E-state index contributed by atoms with van der Waals surface area (Å²) in [5.74, 6) is 0.819. The lowest BCUT2D eigenvalue weighted by Crippen LogP contribution is -2.39. The molecule has 1 aromatic heterocycles. The van der Waals surface area contributed by atoms with E-state index in [-0.39, 0.29) is 5.91 Å². The first kappa shape index (κ1) is 16.2. The summed E-state index contributed by atoms with van der Waals surface area (Å²) < 4.78 is 7.08. The molecule has 1 aliphatic heterocycles. The third-order valence-electron chi connectivity index (χ3n) is 4.62. The second kappa shape index (κ2) is 6.55. The van der Waals surface area contributed by atoms with E-state index in [0.29, 0.717) is 18.8 Å². The number of ether oxygens (including phenoxy) is 1. The Balaban J connectivity index is 1.58. The van der Waals surface area contributed by atoms with E-state index in [1.807, 2.05) is 60.3 Å². The molecule has 0 saturated carbocycles. The van der Waals surface area contributed by atoms with Crippen LogP contribution in [-0.4, -0.2) is 34.4 Å². The number of carbonyl (C=O) groups excluding carboxylic acids is 1. The van der Waals surface area contributed by atoms with Gasteiger partial charge in [-0.3, -0.25) is 9.48 Å². The molecule has 4 rings (SSSR count). The van der Waals surface area contributed by atoms with Crippen LogP contribution < -0.4 is 10.1 Å². The van der Waals surface area contributed by atoms with E-state index >= 15 is 0 Å². The molecule has 0 bridgehead atoms. The van der Waals surface area contributed by atoms with Crippen molar-refractivity contribution in [2.24, 2.45) is 7.05 Å². The van der Waals surface area contributed by atoms with Crippen LogP contribution >= 0.6 is 0 Å². The lowest BCUT2D eigenvalue weighted by molar-refractivity contribution is 0.0746. The Labute approximate surface area is 152 Å². The highest BCUT2D eigenvalue weighted by atomic mass is 16.5. The largest absolute Gasteiger partial charge is 0.497 e. The van der Waals surface area contributed by atoms with E-state index in [1.165, 1.54) is 0 Å². The predicted molar refractivity (Wildman–Crippen MR) is 100 cm³/mol. The molecule has 6 heteroatoms. The summed E-state index contributed by atoms with van der Waals surface area (Å²) in [5.41, 5.74) is 4.63. The van der Waals surface area contributed by atoms with Gasteiger partial charge in [0.1, 0.15) is 5.75 Å². The number of amides is 1. The number of rotatable bonds is 4. The Bertz CT molecular complexity index is 964. The van der Waals surface area contributed by atoms with Crippen molar-refractivity contribution in [3.63, 3.8) is 0 Å². The van der Waals surface area contributed by atoms with Gasteiger partial charge in [0, 0.05) is 31.0 Å². The number of carbonyl (C=O) groups is 1. The summed E-state index contributed by atoms with van der Waals surface area (Å²) in [6.45, 7) is 1.00. The highest BCUT2D eigenvalue weighted by Gasteiger charge is 2.24. The minimum atomic E-state index is 0.0260. The standard InChI is InChI=1S/C20H20N4O2/c1-23-19(8-9-22-23)15-6-7-17-18(11-15)21-13-24(20(17)25)12-14-4-3-5-16(10-14)26-2/h3-11,21H,12-13H2,1-2H3. The van der Waals surface area contributed by atoms with Crippen LogP contribution in [0.2, 0.25) is 0 Å². The van der Waals surface area contributed by atoms with Gasteiger partial charge >= 0.3 is 0 Å². The van der Waals surface area contributed by atoms with Crippen LogP contribution in [0.15, 0.2) is 54.7 Å². The molecule has 0 spiro atoms. The summed E-state index contributed by atoms with van der Waals surface area (Å²) in [6, 6.07) is 15.6. The summed E-state index contributed by atoms with van der Waals surface area (Å²) in [5, 5.41) is 7.56. The van der Waals surface area contributed by atoms with Crippen LogP contribution in [-0.2, 0) is 13.6 Å². The molecule has 0 saturated heterocycles. The summed E-state index contributed by atoms with van der Waals surface area (Å²) >= 11 is 0. The van der Waals surface area contributed by atoms with Crippen molar-refractivity contribution >= 4 is 11.6 Å². The van der Waals surface area contributed by atoms with Crippen molar-refractivity contribution in [2.45, 2.75) is 6.54 Å². The van der Waals surface area contributed by atoms with Crippen LogP contribution in [0.4, 0.5) is 5.69 Å². The smallest absolute Gasteiger partial charge is 0.257 e. The van der Waals surface area contributed by atoms with Crippen molar-refractivity contribution < 1.29 is 9.53 Å². The summed E-state index contributed by atoms with van der Waals surface area (Å²) in [6.07, 6.45) is 1.77. The molecule has 1 aliphatic rings. The number of aromatic nitrogens is 2. The molecule has 0 aliphatic carbocycles. The zero-order chi connectivity index (χ0) is 18.1. The van der Waals surface area contributed by atoms with Gasteiger partial charge in [0.15, 0.2) is 0 Å². The van der Waals surface area contributed by atoms with Crippen LogP contribution in [0.5, 0.6) is 5.75 Å². The number of hydrogen-bond acceptors (Lipinski definition) is 4. The quantitative estimate of drug-likeness (QED) is 0.787. The molecule has 1 N–H and O–H groups in total. The topological polar surface area (TPSA) is 59.4 Å². The van der Waals surface area contributed by atoms with Gasteiger partial charge in [-0.15, -0.1) is 0 Å². The van der Waals surface area contributed by atoms with Gasteiger partial charge in [0.05, 0.1) is 25.0 Å². The predicted octanol–water partition coefficient (Wildman–Crippen LogP) is 3.12. The average molecular weight is 348 g/mol. The molecule has 6 nitrogen and oxygen atoms in total. The third kappa shape index (κ3) is 2.90. The number of benzene rings is 2. The Hall–Kier alpha value is -3.28. The number of methoxy groups -OCH3 is 1. The Morgan fingerprint density at radius 3 is 2.85 bits per heavy atom. The Morgan fingerprint density at radius 2 is 2.08 bits per heavy atom. The monoisotopic (exact) mass is 348 g/mol. The van der Waals surface area contributed by atoms with Gasteiger partial charge in [0.25, 0.3) is 5.91 Å². The first-order chi connectivity index (χ1) is 12.7. The first-order valence-electron chi connectivity index (χ1n) is 8.44. The number of nitrogens with zero attached hydrogens (tertiary/aromatic N) is 3. The maximum atomic E-state index is 12.9. The van der Waals surface area contributed by atoms with Crippen molar-refractivity contribution in [2.75, 3.05) is 19.1 Å². The maximum absolute atomic E-state index is 12.9. The minimum Gasteiger partial charge on any atom is -0.497 e.